The fourth-order valence-corrected chi connectivity index (χ4v) is 3.90. The van der Waals surface area contributed by atoms with Gasteiger partial charge in [-0.25, -0.2) is 4.98 Å². The summed E-state index contributed by atoms with van der Waals surface area (Å²) in [5, 5.41) is 6.70. The number of benzene rings is 1. The summed E-state index contributed by atoms with van der Waals surface area (Å²) in [5.74, 6) is 0.767. The lowest BCUT2D eigenvalue weighted by molar-refractivity contribution is -0.274. The van der Waals surface area contributed by atoms with Crippen LogP contribution in [0.25, 0.3) is 11.3 Å². The first-order valence-corrected chi connectivity index (χ1v) is 11.1. The van der Waals surface area contributed by atoms with E-state index in [0.717, 1.165) is 31.4 Å². The molecule has 3 aromatic rings. The number of halogens is 3. The van der Waals surface area contributed by atoms with Crippen LogP contribution < -0.4 is 15.4 Å². The molecule has 1 fully saturated rings. The van der Waals surface area contributed by atoms with Gasteiger partial charge in [-0.15, -0.1) is 13.2 Å². The van der Waals surface area contributed by atoms with Gasteiger partial charge in [0.05, 0.1) is 5.69 Å². The van der Waals surface area contributed by atoms with Gasteiger partial charge < -0.3 is 15.4 Å². The van der Waals surface area contributed by atoms with Crippen LogP contribution in [0.5, 0.6) is 5.75 Å². The third kappa shape index (κ3) is 7.06. The topological polar surface area (TPSA) is 72.0 Å². The summed E-state index contributed by atoms with van der Waals surface area (Å²) in [6, 6.07) is 13.6. The Morgan fingerprint density at radius 2 is 1.82 bits per heavy atom. The molecule has 0 saturated heterocycles. The predicted octanol–water partition coefficient (Wildman–Crippen LogP) is 5.84. The van der Waals surface area contributed by atoms with E-state index in [9.17, 15) is 13.2 Å². The molecule has 0 aliphatic heterocycles. The largest absolute Gasteiger partial charge is 0.573 e. The van der Waals surface area contributed by atoms with Crippen LogP contribution in [0.15, 0.2) is 54.7 Å². The number of anilines is 2. The van der Waals surface area contributed by atoms with Gasteiger partial charge in [-0.2, -0.15) is 4.98 Å². The van der Waals surface area contributed by atoms with Crippen molar-refractivity contribution in [2.75, 3.05) is 17.2 Å². The smallest absolute Gasteiger partial charge is 0.406 e. The number of hydrogen-bond acceptors (Lipinski definition) is 6. The second kappa shape index (κ2) is 10.5. The SMILES string of the molecule is FC(F)(F)Oc1cccc(-c2cc(NCCc3ccccn3)nc(NC3CCCCC3)n2)c1. The Hall–Kier alpha value is -3.36. The van der Waals surface area contributed by atoms with Crippen LogP contribution in [0, 0.1) is 0 Å². The Balaban J connectivity index is 1.56. The fourth-order valence-electron chi connectivity index (χ4n) is 3.90. The number of rotatable bonds is 8. The van der Waals surface area contributed by atoms with Crippen LogP contribution in [0.4, 0.5) is 24.9 Å². The molecule has 2 heterocycles. The molecule has 1 saturated carbocycles. The zero-order valence-corrected chi connectivity index (χ0v) is 18.1. The van der Waals surface area contributed by atoms with Crippen molar-refractivity contribution < 1.29 is 17.9 Å². The minimum absolute atomic E-state index is 0.287. The lowest BCUT2D eigenvalue weighted by atomic mass is 9.96. The second-order valence-corrected chi connectivity index (χ2v) is 8.01. The number of hydrogen-bond donors (Lipinski definition) is 2. The minimum Gasteiger partial charge on any atom is -0.406 e. The van der Waals surface area contributed by atoms with Gasteiger partial charge in [0.1, 0.15) is 11.6 Å². The van der Waals surface area contributed by atoms with Crippen LogP contribution in [0.2, 0.25) is 0 Å². The van der Waals surface area contributed by atoms with Gasteiger partial charge >= 0.3 is 6.36 Å². The predicted molar refractivity (Wildman–Crippen MR) is 121 cm³/mol. The van der Waals surface area contributed by atoms with Crippen LogP contribution in [-0.2, 0) is 6.42 Å². The first-order chi connectivity index (χ1) is 15.9. The molecule has 0 spiro atoms. The van der Waals surface area contributed by atoms with E-state index in [1.807, 2.05) is 18.2 Å². The van der Waals surface area contributed by atoms with Crippen LogP contribution in [-0.4, -0.2) is 33.9 Å². The van der Waals surface area contributed by atoms with E-state index in [2.05, 4.69) is 30.3 Å². The molecule has 1 aliphatic rings. The minimum atomic E-state index is -4.75. The molecule has 0 unspecified atom stereocenters. The molecule has 0 amide bonds. The molecule has 1 aliphatic carbocycles. The Kier molecular flexibility index (Phi) is 7.26. The molecule has 2 N–H and O–H groups in total. The standard InChI is InChI=1S/C24H26F3N5O/c25-24(26,27)33-20-11-6-7-17(15-20)21-16-22(29-14-12-18-8-4-5-13-28-18)32-23(31-21)30-19-9-2-1-3-10-19/h4-8,11,13,15-16,19H,1-3,9-10,12,14H2,(H2,29,30,31,32). The summed E-state index contributed by atoms with van der Waals surface area (Å²) in [6.07, 6.45) is 3.34. The quantitative estimate of drug-likeness (QED) is 0.443. The monoisotopic (exact) mass is 457 g/mol. The third-order valence-electron chi connectivity index (χ3n) is 5.44. The van der Waals surface area contributed by atoms with Crippen molar-refractivity contribution in [1.29, 1.82) is 0 Å². The molecule has 0 bridgehead atoms. The number of nitrogens with zero attached hydrogens (tertiary/aromatic N) is 3. The molecule has 33 heavy (non-hydrogen) atoms. The Morgan fingerprint density at radius 3 is 2.58 bits per heavy atom. The van der Waals surface area contributed by atoms with Crippen molar-refractivity contribution in [1.82, 2.24) is 15.0 Å². The van der Waals surface area contributed by atoms with E-state index in [0.29, 0.717) is 36.0 Å². The van der Waals surface area contributed by atoms with Crippen LogP contribution in [0.3, 0.4) is 0 Å². The molecule has 6 nitrogen and oxygen atoms in total. The first-order valence-electron chi connectivity index (χ1n) is 11.1. The van der Waals surface area contributed by atoms with Crippen molar-refractivity contribution >= 4 is 11.8 Å². The number of aromatic nitrogens is 3. The van der Waals surface area contributed by atoms with E-state index in [1.54, 1.807) is 18.3 Å². The normalized spacial score (nSPS) is 14.6. The van der Waals surface area contributed by atoms with Crippen LogP contribution >= 0.6 is 0 Å². The second-order valence-electron chi connectivity index (χ2n) is 8.01. The molecule has 174 valence electrons. The average molecular weight is 458 g/mol. The highest BCUT2D eigenvalue weighted by Crippen LogP contribution is 2.29. The van der Waals surface area contributed by atoms with E-state index >= 15 is 0 Å². The van der Waals surface area contributed by atoms with Crippen LogP contribution in [0.1, 0.15) is 37.8 Å². The van der Waals surface area contributed by atoms with Gasteiger partial charge in [-0.3, -0.25) is 4.98 Å². The zero-order chi connectivity index (χ0) is 23.1. The highest BCUT2D eigenvalue weighted by Gasteiger charge is 2.31. The summed E-state index contributed by atoms with van der Waals surface area (Å²) in [7, 11) is 0. The van der Waals surface area contributed by atoms with E-state index in [1.165, 1.54) is 24.6 Å². The zero-order valence-electron chi connectivity index (χ0n) is 18.1. The van der Waals surface area contributed by atoms with Gasteiger partial charge in [-0.05, 0) is 37.1 Å². The number of alkyl halides is 3. The summed E-state index contributed by atoms with van der Waals surface area (Å²) in [4.78, 5) is 13.5. The van der Waals surface area contributed by atoms with Crippen molar-refractivity contribution in [2.45, 2.75) is 50.9 Å². The average Bonchev–Trinajstić information content (AvgIpc) is 2.79. The summed E-state index contributed by atoms with van der Waals surface area (Å²) >= 11 is 0. The highest BCUT2D eigenvalue weighted by atomic mass is 19.4. The lowest BCUT2D eigenvalue weighted by Gasteiger charge is -2.23. The van der Waals surface area contributed by atoms with Crippen molar-refractivity contribution in [3.05, 3.63) is 60.4 Å². The lowest BCUT2D eigenvalue weighted by Crippen LogP contribution is -2.24. The van der Waals surface area contributed by atoms with Crippen molar-refractivity contribution in [2.24, 2.45) is 0 Å². The van der Waals surface area contributed by atoms with Gasteiger partial charge in [0, 0.05) is 42.5 Å². The first kappa shape index (κ1) is 22.8. The van der Waals surface area contributed by atoms with E-state index in [-0.39, 0.29) is 11.8 Å². The molecular weight excluding hydrogens is 431 g/mol. The molecule has 0 atom stereocenters. The number of ether oxygens (including phenoxy) is 1. The van der Waals surface area contributed by atoms with Gasteiger partial charge in [0.2, 0.25) is 5.95 Å². The molecule has 4 rings (SSSR count). The molecular formula is C24H26F3N5O. The molecule has 2 aromatic heterocycles. The van der Waals surface area contributed by atoms with E-state index in [4.69, 9.17) is 0 Å². The Labute approximate surface area is 190 Å². The summed E-state index contributed by atoms with van der Waals surface area (Å²) in [6.45, 7) is 0.605. The fraction of sp³-hybridized carbons (Fsp3) is 0.375. The summed E-state index contributed by atoms with van der Waals surface area (Å²) < 4.78 is 42.1. The van der Waals surface area contributed by atoms with Crippen molar-refractivity contribution in [3.63, 3.8) is 0 Å². The Morgan fingerprint density at radius 1 is 0.970 bits per heavy atom. The summed E-state index contributed by atoms with van der Waals surface area (Å²) in [5.41, 5.74) is 1.98. The van der Waals surface area contributed by atoms with Gasteiger partial charge in [0.15, 0.2) is 0 Å². The van der Waals surface area contributed by atoms with Gasteiger partial charge in [0.25, 0.3) is 0 Å². The highest BCUT2D eigenvalue weighted by molar-refractivity contribution is 5.66. The third-order valence-corrected chi connectivity index (χ3v) is 5.44. The van der Waals surface area contributed by atoms with E-state index < -0.39 is 6.36 Å². The maximum atomic E-state index is 12.7. The molecule has 1 aromatic carbocycles. The number of nitrogens with one attached hydrogen (secondary N) is 2. The van der Waals surface area contributed by atoms with Gasteiger partial charge in [-0.1, -0.05) is 37.5 Å². The molecule has 9 heteroatoms. The van der Waals surface area contributed by atoms with Crippen molar-refractivity contribution in [3.8, 4) is 17.0 Å². The number of pyridine rings is 1. The Bertz CT molecular complexity index is 1040. The maximum Gasteiger partial charge on any atom is 0.573 e. The molecule has 0 radical (unpaired) electrons. The maximum absolute atomic E-state index is 12.7.